The summed E-state index contributed by atoms with van der Waals surface area (Å²) in [6.45, 7) is 0.837. The molecule has 0 aromatic heterocycles. The summed E-state index contributed by atoms with van der Waals surface area (Å²) in [6, 6.07) is 13.4. The maximum atomic E-state index is 12.4. The molecule has 0 bridgehead atoms. The summed E-state index contributed by atoms with van der Waals surface area (Å²) in [6.07, 6.45) is 1.98. The average molecular weight is 380 g/mol. The van der Waals surface area contributed by atoms with Gasteiger partial charge in [-0.3, -0.25) is 10.1 Å². The van der Waals surface area contributed by atoms with Crippen LogP contribution in [0.1, 0.15) is 25.5 Å². The van der Waals surface area contributed by atoms with Gasteiger partial charge in [0.25, 0.3) is 0 Å². The molecular formula is C19H22F2N2O2S. The van der Waals surface area contributed by atoms with E-state index in [4.69, 9.17) is 0 Å². The molecule has 2 rings (SSSR count). The van der Waals surface area contributed by atoms with Gasteiger partial charge in [-0.2, -0.15) is 8.78 Å². The van der Waals surface area contributed by atoms with Gasteiger partial charge in [0.1, 0.15) is 5.75 Å². The summed E-state index contributed by atoms with van der Waals surface area (Å²) in [5, 5.41) is 6.08. The van der Waals surface area contributed by atoms with Crippen molar-refractivity contribution in [1.82, 2.24) is 5.32 Å². The number of hydrogen-bond acceptors (Lipinski definition) is 4. The summed E-state index contributed by atoms with van der Waals surface area (Å²) in [4.78, 5) is 13.4. The van der Waals surface area contributed by atoms with E-state index in [0.29, 0.717) is 0 Å². The second-order valence-electron chi connectivity index (χ2n) is 5.78. The highest BCUT2D eigenvalue weighted by Gasteiger charge is 2.17. The molecule has 0 heterocycles. The molecule has 0 aliphatic heterocycles. The highest BCUT2D eigenvalue weighted by Crippen LogP contribution is 2.21. The topological polar surface area (TPSA) is 50.4 Å². The van der Waals surface area contributed by atoms with E-state index < -0.39 is 12.7 Å². The Morgan fingerprint density at radius 2 is 1.81 bits per heavy atom. The van der Waals surface area contributed by atoms with Gasteiger partial charge in [0.2, 0.25) is 5.91 Å². The molecule has 2 atom stereocenters. The molecule has 2 N–H and O–H groups in total. The van der Waals surface area contributed by atoms with Crippen molar-refractivity contribution in [3.8, 4) is 5.75 Å². The lowest BCUT2D eigenvalue weighted by atomic mass is 10.1. The van der Waals surface area contributed by atoms with Crippen LogP contribution in [0.5, 0.6) is 5.75 Å². The van der Waals surface area contributed by atoms with Crippen molar-refractivity contribution in [1.29, 1.82) is 0 Å². The molecule has 140 valence electrons. The first-order valence-electron chi connectivity index (χ1n) is 8.14. The van der Waals surface area contributed by atoms with Crippen LogP contribution in [0.4, 0.5) is 14.5 Å². The quantitative estimate of drug-likeness (QED) is 0.653. The summed E-state index contributed by atoms with van der Waals surface area (Å²) in [5.41, 5.74) is 1.62. The maximum Gasteiger partial charge on any atom is 0.387 e. The van der Waals surface area contributed by atoms with Crippen LogP contribution in [0.3, 0.4) is 0 Å². The predicted molar refractivity (Wildman–Crippen MR) is 101 cm³/mol. The minimum Gasteiger partial charge on any atom is -0.435 e. The first-order chi connectivity index (χ1) is 12.4. The van der Waals surface area contributed by atoms with E-state index in [1.165, 1.54) is 12.1 Å². The lowest BCUT2D eigenvalue weighted by Crippen LogP contribution is -2.39. The highest BCUT2D eigenvalue weighted by molar-refractivity contribution is 7.98. The first-order valence-corrected chi connectivity index (χ1v) is 9.37. The van der Waals surface area contributed by atoms with Gasteiger partial charge >= 0.3 is 6.61 Å². The molecule has 2 aromatic rings. The SMILES string of the molecule is CSc1cccc(NC(=O)C(C)NC(C)c2ccc(OC(F)F)cc2)c1. The van der Waals surface area contributed by atoms with Crippen molar-refractivity contribution >= 4 is 23.4 Å². The second kappa shape index (κ2) is 9.54. The van der Waals surface area contributed by atoms with E-state index in [9.17, 15) is 13.6 Å². The zero-order valence-electron chi connectivity index (χ0n) is 14.8. The standard InChI is InChI=1S/C19H22F2N2O2S/c1-12(14-7-9-16(10-8-14)25-19(20)21)22-13(2)18(24)23-15-5-4-6-17(11-15)26-3/h4-13,19,22H,1-3H3,(H,23,24). The highest BCUT2D eigenvalue weighted by atomic mass is 32.2. The van der Waals surface area contributed by atoms with Crippen LogP contribution in [0.15, 0.2) is 53.4 Å². The van der Waals surface area contributed by atoms with Crippen molar-refractivity contribution in [2.24, 2.45) is 0 Å². The van der Waals surface area contributed by atoms with Crippen LogP contribution in [0, 0.1) is 0 Å². The molecule has 0 saturated carbocycles. The summed E-state index contributed by atoms with van der Waals surface area (Å²) < 4.78 is 28.7. The third-order valence-corrected chi connectivity index (χ3v) is 4.56. The van der Waals surface area contributed by atoms with Crippen molar-refractivity contribution in [2.45, 2.75) is 37.4 Å². The van der Waals surface area contributed by atoms with Gasteiger partial charge in [-0.1, -0.05) is 18.2 Å². The van der Waals surface area contributed by atoms with Crippen LogP contribution in [-0.2, 0) is 4.79 Å². The number of amides is 1. The number of halogens is 2. The van der Waals surface area contributed by atoms with Gasteiger partial charge in [0, 0.05) is 16.6 Å². The molecule has 0 aliphatic carbocycles. The number of alkyl halides is 2. The normalized spacial score (nSPS) is 13.3. The number of ether oxygens (including phenoxy) is 1. The number of carbonyl (C=O) groups is 1. The number of hydrogen-bond donors (Lipinski definition) is 2. The minimum atomic E-state index is -2.84. The van der Waals surface area contributed by atoms with E-state index in [1.807, 2.05) is 37.4 Å². The van der Waals surface area contributed by atoms with E-state index in [1.54, 1.807) is 30.8 Å². The van der Waals surface area contributed by atoms with Crippen LogP contribution >= 0.6 is 11.8 Å². The van der Waals surface area contributed by atoms with Crippen LogP contribution in [0.25, 0.3) is 0 Å². The Morgan fingerprint density at radius 3 is 2.42 bits per heavy atom. The van der Waals surface area contributed by atoms with Gasteiger partial charge in [-0.25, -0.2) is 0 Å². The number of carbonyl (C=O) groups excluding carboxylic acids is 1. The molecule has 4 nitrogen and oxygen atoms in total. The largest absolute Gasteiger partial charge is 0.435 e. The number of rotatable bonds is 8. The van der Waals surface area contributed by atoms with Crippen molar-refractivity contribution in [2.75, 3.05) is 11.6 Å². The molecule has 1 amide bonds. The second-order valence-corrected chi connectivity index (χ2v) is 6.66. The van der Waals surface area contributed by atoms with Crippen LogP contribution < -0.4 is 15.4 Å². The number of anilines is 1. The molecule has 26 heavy (non-hydrogen) atoms. The van der Waals surface area contributed by atoms with Crippen LogP contribution in [-0.4, -0.2) is 24.8 Å². The van der Waals surface area contributed by atoms with Crippen LogP contribution in [0.2, 0.25) is 0 Å². The zero-order chi connectivity index (χ0) is 19.1. The Bertz CT molecular complexity index is 726. The molecule has 0 fully saturated rings. The number of nitrogens with one attached hydrogen (secondary N) is 2. The molecule has 0 radical (unpaired) electrons. The molecule has 0 aliphatic rings. The lowest BCUT2D eigenvalue weighted by molar-refractivity contribution is -0.117. The summed E-state index contributed by atoms with van der Waals surface area (Å²) in [5.74, 6) is -0.0387. The molecule has 7 heteroatoms. The average Bonchev–Trinajstić information content (AvgIpc) is 2.61. The molecule has 2 aromatic carbocycles. The Labute approximate surface area is 156 Å². The Kier molecular flexibility index (Phi) is 7.41. The van der Waals surface area contributed by atoms with Crippen molar-refractivity contribution in [3.63, 3.8) is 0 Å². The van der Waals surface area contributed by atoms with Crippen molar-refractivity contribution < 1.29 is 18.3 Å². The fraction of sp³-hybridized carbons (Fsp3) is 0.316. The Balaban J connectivity index is 1.92. The number of thioether (sulfide) groups is 1. The Morgan fingerprint density at radius 1 is 1.12 bits per heavy atom. The smallest absolute Gasteiger partial charge is 0.387 e. The minimum absolute atomic E-state index is 0.107. The summed E-state index contributed by atoms with van der Waals surface area (Å²) in [7, 11) is 0. The van der Waals surface area contributed by atoms with E-state index >= 15 is 0 Å². The van der Waals surface area contributed by atoms with E-state index in [-0.39, 0.29) is 17.7 Å². The molecule has 2 unspecified atom stereocenters. The van der Waals surface area contributed by atoms with Gasteiger partial charge in [-0.15, -0.1) is 11.8 Å². The molecule has 0 spiro atoms. The predicted octanol–water partition coefficient (Wildman–Crippen LogP) is 4.69. The van der Waals surface area contributed by atoms with Gasteiger partial charge in [-0.05, 0) is 56.0 Å². The maximum absolute atomic E-state index is 12.4. The van der Waals surface area contributed by atoms with Crippen molar-refractivity contribution in [3.05, 3.63) is 54.1 Å². The fourth-order valence-corrected chi connectivity index (χ4v) is 2.90. The van der Waals surface area contributed by atoms with Gasteiger partial charge in [0.05, 0.1) is 6.04 Å². The molecular weight excluding hydrogens is 358 g/mol. The fourth-order valence-electron chi connectivity index (χ4n) is 2.44. The van der Waals surface area contributed by atoms with E-state index in [2.05, 4.69) is 15.4 Å². The third-order valence-electron chi connectivity index (χ3n) is 3.84. The van der Waals surface area contributed by atoms with E-state index in [0.717, 1.165) is 16.1 Å². The molecule has 0 saturated heterocycles. The summed E-state index contributed by atoms with van der Waals surface area (Å²) >= 11 is 1.61. The van der Waals surface area contributed by atoms with Gasteiger partial charge in [0.15, 0.2) is 0 Å². The lowest BCUT2D eigenvalue weighted by Gasteiger charge is -2.20. The van der Waals surface area contributed by atoms with Gasteiger partial charge < -0.3 is 10.1 Å². The zero-order valence-corrected chi connectivity index (χ0v) is 15.6. The first kappa shape index (κ1) is 20.2. The Hall–Kier alpha value is -2.12. The number of benzene rings is 2. The third kappa shape index (κ3) is 6.00. The monoisotopic (exact) mass is 380 g/mol.